The maximum absolute atomic E-state index is 13.5. The summed E-state index contributed by atoms with van der Waals surface area (Å²) in [5.41, 5.74) is 2.88. The minimum atomic E-state index is -1.25. The van der Waals surface area contributed by atoms with Gasteiger partial charge in [-0.3, -0.25) is 9.69 Å². The minimum absolute atomic E-state index is 0.0527. The molecule has 2 heterocycles. The quantitative estimate of drug-likeness (QED) is 0.265. The van der Waals surface area contributed by atoms with Crippen molar-refractivity contribution in [3.8, 4) is 33.0 Å². The number of nitrogens with zero attached hydrogens (tertiary/aromatic N) is 2. The second-order valence-electron chi connectivity index (χ2n) is 11.8. The second-order valence-corrected chi connectivity index (χ2v) is 12.7. The molecule has 3 aromatic carbocycles. The Labute approximate surface area is 245 Å². The van der Waals surface area contributed by atoms with Gasteiger partial charge in [0.2, 0.25) is 0 Å². The summed E-state index contributed by atoms with van der Waals surface area (Å²) < 4.78 is 11.5. The fourth-order valence-corrected chi connectivity index (χ4v) is 5.74. The van der Waals surface area contributed by atoms with Crippen LogP contribution in [0.3, 0.4) is 0 Å². The lowest BCUT2D eigenvalue weighted by Crippen LogP contribution is -2.60. The Hall–Kier alpha value is -4.01. The zero-order valence-corrected chi connectivity index (χ0v) is 25.0. The van der Waals surface area contributed by atoms with Gasteiger partial charge in [-0.25, -0.2) is 9.78 Å². The number of aromatic nitrogens is 1. The van der Waals surface area contributed by atoms with Crippen molar-refractivity contribution >= 4 is 29.0 Å². The number of hydrogen-bond acceptors (Lipinski definition) is 6. The summed E-state index contributed by atoms with van der Waals surface area (Å²) in [5.74, 6) is -0.350. The highest BCUT2D eigenvalue weighted by Crippen LogP contribution is 2.37. The van der Waals surface area contributed by atoms with Crippen molar-refractivity contribution in [3.63, 3.8) is 0 Å². The lowest BCUT2D eigenvalue weighted by atomic mass is 9.99. The fraction of sp³-hybridized carbons (Fsp3) is 0.303. The molecule has 0 spiro atoms. The number of hydrogen-bond donors (Lipinski definition) is 1. The van der Waals surface area contributed by atoms with Gasteiger partial charge in [0.15, 0.2) is 0 Å². The number of carbonyl (C=O) groups excluding carboxylic acids is 2. The molecule has 0 unspecified atom stereocenters. The molecule has 1 saturated heterocycles. The smallest absolute Gasteiger partial charge is 0.413 e. The van der Waals surface area contributed by atoms with E-state index in [-0.39, 0.29) is 12.5 Å². The van der Waals surface area contributed by atoms with Crippen molar-refractivity contribution in [2.45, 2.75) is 58.4 Å². The third kappa shape index (κ3) is 6.04. The Morgan fingerprint density at radius 1 is 0.878 bits per heavy atom. The molecule has 0 saturated carbocycles. The molecule has 1 atom stereocenters. The Morgan fingerprint density at radius 3 is 2.10 bits per heavy atom. The summed E-state index contributed by atoms with van der Waals surface area (Å²) in [4.78, 5) is 32.8. The predicted octanol–water partition coefficient (Wildman–Crippen LogP) is 7.84. The largest absolute Gasteiger partial charge is 0.444 e. The standard InChI is InChI=1S/C33H35N3O4S/c1-31(2,3)40-30(38)36-32(4,5)39-21-33(36,6)29(37)34-26-18-16-24(17-19-26)27-20-41-28(35-27)25-14-12-23(13-15-25)22-10-8-7-9-11-22/h7-20H,21H2,1-6H3,(H,34,37)/t33-/m0/s1. The second kappa shape index (κ2) is 10.8. The lowest BCUT2D eigenvalue weighted by molar-refractivity contribution is -0.127. The third-order valence-corrected chi connectivity index (χ3v) is 7.88. The highest BCUT2D eigenvalue weighted by atomic mass is 32.1. The summed E-state index contributed by atoms with van der Waals surface area (Å²) in [6.45, 7) is 10.6. The SMILES string of the molecule is CC(C)(C)OC(=O)N1C(C)(C)OC[C@@]1(C)C(=O)Nc1ccc(-c2csc(-c3ccc(-c4ccccc4)cc3)n2)cc1. The molecule has 0 aliphatic carbocycles. The van der Waals surface area contributed by atoms with Crippen molar-refractivity contribution < 1.29 is 19.1 Å². The Bertz CT molecular complexity index is 1540. The van der Waals surface area contributed by atoms with Gasteiger partial charge in [-0.1, -0.05) is 66.7 Å². The molecule has 0 bridgehead atoms. The van der Waals surface area contributed by atoms with Crippen LogP contribution in [-0.2, 0) is 14.3 Å². The molecule has 5 rings (SSSR count). The van der Waals surface area contributed by atoms with Gasteiger partial charge in [-0.05, 0) is 64.8 Å². The topological polar surface area (TPSA) is 80.8 Å². The number of amides is 2. The van der Waals surface area contributed by atoms with E-state index >= 15 is 0 Å². The molecule has 4 aromatic rings. The van der Waals surface area contributed by atoms with E-state index < -0.39 is 23.0 Å². The Balaban J connectivity index is 1.28. The van der Waals surface area contributed by atoms with Gasteiger partial charge in [0.1, 0.15) is 21.9 Å². The van der Waals surface area contributed by atoms with Crippen molar-refractivity contribution in [1.82, 2.24) is 9.88 Å². The number of nitrogens with one attached hydrogen (secondary N) is 1. The van der Waals surface area contributed by atoms with Crippen LogP contribution >= 0.6 is 11.3 Å². The van der Waals surface area contributed by atoms with Crippen LogP contribution in [0.2, 0.25) is 0 Å². The fourth-order valence-electron chi connectivity index (χ4n) is 4.90. The van der Waals surface area contributed by atoms with Gasteiger partial charge in [0.05, 0.1) is 12.3 Å². The van der Waals surface area contributed by atoms with E-state index in [4.69, 9.17) is 14.5 Å². The summed E-state index contributed by atoms with van der Waals surface area (Å²) in [6.07, 6.45) is -0.595. The van der Waals surface area contributed by atoms with E-state index in [1.807, 2.05) is 47.8 Å². The van der Waals surface area contributed by atoms with Crippen LogP contribution in [0.25, 0.3) is 33.0 Å². The van der Waals surface area contributed by atoms with Crippen molar-refractivity contribution in [2.75, 3.05) is 11.9 Å². The van der Waals surface area contributed by atoms with E-state index in [9.17, 15) is 9.59 Å². The number of benzene rings is 3. The predicted molar refractivity (Wildman–Crippen MR) is 164 cm³/mol. The highest BCUT2D eigenvalue weighted by Gasteiger charge is 2.57. The van der Waals surface area contributed by atoms with Crippen molar-refractivity contribution in [1.29, 1.82) is 0 Å². The number of carbonyl (C=O) groups is 2. The normalized spacial score (nSPS) is 18.2. The van der Waals surface area contributed by atoms with Crippen LogP contribution in [0.5, 0.6) is 0 Å². The van der Waals surface area contributed by atoms with Gasteiger partial charge in [-0.2, -0.15) is 0 Å². The van der Waals surface area contributed by atoms with Crippen LogP contribution in [0.4, 0.5) is 10.5 Å². The molecule has 0 radical (unpaired) electrons. The van der Waals surface area contributed by atoms with Crippen LogP contribution in [0.1, 0.15) is 41.5 Å². The molecule has 1 N–H and O–H groups in total. The number of thiazole rings is 1. The van der Waals surface area contributed by atoms with Gasteiger partial charge in [0.25, 0.3) is 5.91 Å². The number of rotatable bonds is 5. The molecular formula is C33H35N3O4S. The molecule has 212 valence electrons. The third-order valence-electron chi connectivity index (χ3n) is 6.99. The zero-order valence-electron chi connectivity index (χ0n) is 24.2. The average molecular weight is 570 g/mol. The van der Waals surface area contributed by atoms with Crippen molar-refractivity contribution in [2.24, 2.45) is 0 Å². The highest BCUT2D eigenvalue weighted by molar-refractivity contribution is 7.13. The Morgan fingerprint density at radius 2 is 1.46 bits per heavy atom. The van der Waals surface area contributed by atoms with Gasteiger partial charge in [-0.15, -0.1) is 11.3 Å². The van der Waals surface area contributed by atoms with Gasteiger partial charge >= 0.3 is 6.09 Å². The van der Waals surface area contributed by atoms with E-state index in [0.29, 0.717) is 5.69 Å². The minimum Gasteiger partial charge on any atom is -0.444 e. The first-order valence-corrected chi connectivity index (χ1v) is 14.4. The maximum Gasteiger partial charge on any atom is 0.413 e. The summed E-state index contributed by atoms with van der Waals surface area (Å²) in [7, 11) is 0. The van der Waals surface area contributed by atoms with E-state index in [0.717, 1.165) is 21.8 Å². The summed E-state index contributed by atoms with van der Waals surface area (Å²) in [6, 6.07) is 26.2. The summed E-state index contributed by atoms with van der Waals surface area (Å²) >= 11 is 1.59. The molecular weight excluding hydrogens is 534 g/mol. The van der Waals surface area contributed by atoms with E-state index in [1.165, 1.54) is 16.0 Å². The zero-order chi connectivity index (χ0) is 29.4. The molecule has 41 heavy (non-hydrogen) atoms. The molecule has 1 aliphatic heterocycles. The monoisotopic (exact) mass is 569 g/mol. The number of anilines is 1. The molecule has 7 nitrogen and oxygen atoms in total. The maximum atomic E-state index is 13.5. The van der Waals surface area contributed by atoms with Crippen LogP contribution in [0, 0.1) is 0 Å². The summed E-state index contributed by atoms with van der Waals surface area (Å²) in [5, 5.41) is 5.93. The first kappa shape index (κ1) is 28.5. The molecule has 8 heteroatoms. The Kier molecular flexibility index (Phi) is 7.48. The molecule has 1 aromatic heterocycles. The average Bonchev–Trinajstić information content (AvgIpc) is 3.52. The van der Waals surface area contributed by atoms with Crippen molar-refractivity contribution in [3.05, 3.63) is 84.2 Å². The van der Waals surface area contributed by atoms with Crippen LogP contribution in [0.15, 0.2) is 84.2 Å². The molecule has 1 aliphatic rings. The van der Waals surface area contributed by atoms with Crippen LogP contribution in [-0.4, -0.2) is 45.4 Å². The van der Waals surface area contributed by atoms with E-state index in [2.05, 4.69) is 41.7 Å². The molecule has 1 fully saturated rings. The van der Waals surface area contributed by atoms with Gasteiger partial charge in [0, 0.05) is 22.2 Å². The first-order valence-electron chi connectivity index (χ1n) is 13.6. The first-order chi connectivity index (χ1) is 19.4. The van der Waals surface area contributed by atoms with Crippen LogP contribution < -0.4 is 5.32 Å². The lowest BCUT2D eigenvalue weighted by Gasteiger charge is -2.39. The van der Waals surface area contributed by atoms with E-state index in [1.54, 1.807) is 52.9 Å². The number of ether oxygens (including phenoxy) is 2. The van der Waals surface area contributed by atoms with Gasteiger partial charge < -0.3 is 14.8 Å². The molecule has 2 amide bonds.